The molecule has 1 saturated carbocycles. The molecule has 1 unspecified atom stereocenters. The molecule has 1 aliphatic carbocycles. The first-order chi connectivity index (χ1) is 9.15. The van der Waals surface area contributed by atoms with Gasteiger partial charge in [0, 0.05) is 17.5 Å². The minimum Gasteiger partial charge on any atom is -0.258 e. The first-order valence-electron chi connectivity index (χ1n) is 7.02. The van der Waals surface area contributed by atoms with Crippen molar-refractivity contribution in [1.29, 1.82) is 0 Å². The maximum Gasteiger partial charge on any atom is 0.269 e. The van der Waals surface area contributed by atoms with Gasteiger partial charge in [-0.25, -0.2) is 0 Å². The van der Waals surface area contributed by atoms with Crippen LogP contribution in [0.15, 0.2) is 24.3 Å². The Balaban J connectivity index is 1.83. The number of halogens is 1. The molecule has 1 aliphatic rings. The Morgan fingerprint density at radius 1 is 1.21 bits per heavy atom. The standard InChI is InChI=1S/C15H20ClNO2/c16-14(10-12-4-2-1-3-5-12)11-13-6-8-15(9-7-13)17(18)19/h6-9,12,14H,1-5,10-11H2. The highest BCUT2D eigenvalue weighted by Crippen LogP contribution is 2.29. The quantitative estimate of drug-likeness (QED) is 0.445. The fourth-order valence-corrected chi connectivity index (χ4v) is 3.31. The van der Waals surface area contributed by atoms with Gasteiger partial charge < -0.3 is 0 Å². The number of nitro groups is 1. The number of nitro benzene ring substituents is 1. The van der Waals surface area contributed by atoms with Crippen molar-refractivity contribution in [3.05, 3.63) is 39.9 Å². The Kier molecular flexibility index (Phi) is 5.20. The van der Waals surface area contributed by atoms with E-state index in [4.69, 9.17) is 11.6 Å². The third-order valence-corrected chi connectivity index (χ3v) is 4.25. The molecule has 0 aromatic heterocycles. The minimum absolute atomic E-state index is 0.141. The molecule has 0 bridgehead atoms. The van der Waals surface area contributed by atoms with Gasteiger partial charge in [0.05, 0.1) is 4.92 Å². The molecule has 1 fully saturated rings. The van der Waals surface area contributed by atoms with Crippen molar-refractivity contribution in [3.8, 4) is 0 Å². The summed E-state index contributed by atoms with van der Waals surface area (Å²) in [6.45, 7) is 0. The topological polar surface area (TPSA) is 43.1 Å². The highest BCUT2D eigenvalue weighted by atomic mass is 35.5. The molecule has 1 aromatic carbocycles. The summed E-state index contributed by atoms with van der Waals surface area (Å²) in [5, 5.41) is 10.7. The van der Waals surface area contributed by atoms with Gasteiger partial charge in [-0.2, -0.15) is 0 Å². The Labute approximate surface area is 119 Å². The predicted octanol–water partition coefficient (Wildman–Crippen LogP) is 4.72. The normalized spacial score (nSPS) is 18.2. The number of nitrogens with zero attached hydrogens (tertiary/aromatic N) is 1. The second-order valence-corrected chi connectivity index (χ2v) is 6.08. The molecule has 0 aliphatic heterocycles. The molecule has 0 N–H and O–H groups in total. The van der Waals surface area contributed by atoms with Gasteiger partial charge >= 0.3 is 0 Å². The monoisotopic (exact) mass is 281 g/mol. The minimum atomic E-state index is -0.371. The summed E-state index contributed by atoms with van der Waals surface area (Å²) in [4.78, 5) is 10.2. The molecular weight excluding hydrogens is 262 g/mol. The average molecular weight is 282 g/mol. The van der Waals surface area contributed by atoms with E-state index in [0.29, 0.717) is 0 Å². The van der Waals surface area contributed by atoms with Crippen molar-refractivity contribution in [2.45, 2.75) is 50.3 Å². The number of non-ortho nitro benzene ring substituents is 1. The third-order valence-electron chi connectivity index (χ3n) is 3.92. The van der Waals surface area contributed by atoms with E-state index < -0.39 is 0 Å². The van der Waals surface area contributed by atoms with Crippen LogP contribution in [-0.4, -0.2) is 10.3 Å². The third kappa shape index (κ3) is 4.50. The number of benzene rings is 1. The zero-order valence-electron chi connectivity index (χ0n) is 11.1. The van der Waals surface area contributed by atoms with Crippen molar-refractivity contribution in [2.24, 2.45) is 5.92 Å². The lowest BCUT2D eigenvalue weighted by atomic mass is 9.85. The number of rotatable bonds is 5. The molecule has 3 nitrogen and oxygen atoms in total. The fraction of sp³-hybridized carbons (Fsp3) is 0.600. The second-order valence-electron chi connectivity index (χ2n) is 5.46. The number of hydrogen-bond acceptors (Lipinski definition) is 2. The summed E-state index contributed by atoms with van der Waals surface area (Å²) in [5.41, 5.74) is 1.23. The van der Waals surface area contributed by atoms with E-state index in [0.717, 1.165) is 24.3 Å². The Hall–Kier alpha value is -1.09. The maximum absolute atomic E-state index is 10.6. The van der Waals surface area contributed by atoms with Gasteiger partial charge in [-0.1, -0.05) is 44.2 Å². The predicted molar refractivity (Wildman–Crippen MR) is 77.6 cm³/mol. The molecule has 0 radical (unpaired) electrons. The van der Waals surface area contributed by atoms with Gasteiger partial charge in [0.25, 0.3) is 5.69 Å². The largest absolute Gasteiger partial charge is 0.269 e. The van der Waals surface area contributed by atoms with E-state index >= 15 is 0 Å². The molecule has 104 valence electrons. The van der Waals surface area contributed by atoms with Gasteiger partial charge in [-0.05, 0) is 24.3 Å². The smallest absolute Gasteiger partial charge is 0.258 e. The highest BCUT2D eigenvalue weighted by molar-refractivity contribution is 6.20. The Bertz CT molecular complexity index is 413. The fourth-order valence-electron chi connectivity index (χ4n) is 2.88. The van der Waals surface area contributed by atoms with Crippen molar-refractivity contribution >= 4 is 17.3 Å². The summed E-state index contributed by atoms with van der Waals surface area (Å²) in [6.07, 6.45) is 8.53. The summed E-state index contributed by atoms with van der Waals surface area (Å²) < 4.78 is 0. The molecule has 0 amide bonds. The summed E-state index contributed by atoms with van der Waals surface area (Å²) in [5.74, 6) is 0.772. The van der Waals surface area contributed by atoms with Crippen LogP contribution in [0, 0.1) is 16.0 Å². The number of hydrogen-bond donors (Lipinski definition) is 0. The zero-order valence-corrected chi connectivity index (χ0v) is 11.8. The van der Waals surface area contributed by atoms with Crippen molar-refractivity contribution in [3.63, 3.8) is 0 Å². The highest BCUT2D eigenvalue weighted by Gasteiger charge is 2.18. The summed E-state index contributed by atoms with van der Waals surface area (Å²) >= 11 is 6.42. The van der Waals surface area contributed by atoms with Crippen molar-refractivity contribution in [1.82, 2.24) is 0 Å². The molecule has 4 heteroatoms. The van der Waals surface area contributed by atoms with Gasteiger partial charge in [-0.3, -0.25) is 10.1 Å². The maximum atomic E-state index is 10.6. The average Bonchev–Trinajstić information content (AvgIpc) is 2.40. The number of alkyl halides is 1. The molecule has 1 atom stereocenters. The molecule has 19 heavy (non-hydrogen) atoms. The second kappa shape index (κ2) is 6.90. The Morgan fingerprint density at radius 3 is 2.42 bits per heavy atom. The molecule has 2 rings (SSSR count). The van der Waals surface area contributed by atoms with Gasteiger partial charge in [0.2, 0.25) is 0 Å². The lowest BCUT2D eigenvalue weighted by Crippen LogP contribution is -2.14. The van der Waals surface area contributed by atoms with E-state index in [1.807, 2.05) is 12.1 Å². The van der Waals surface area contributed by atoms with Crippen molar-refractivity contribution in [2.75, 3.05) is 0 Å². The van der Waals surface area contributed by atoms with E-state index in [2.05, 4.69) is 0 Å². The summed E-state index contributed by atoms with van der Waals surface area (Å²) in [7, 11) is 0. The van der Waals surface area contributed by atoms with Crippen LogP contribution in [0.3, 0.4) is 0 Å². The molecule has 0 heterocycles. The summed E-state index contributed by atoms with van der Waals surface area (Å²) in [6, 6.07) is 6.74. The van der Waals surface area contributed by atoms with Crippen LogP contribution in [0.5, 0.6) is 0 Å². The lowest BCUT2D eigenvalue weighted by Gasteiger charge is -2.23. The van der Waals surface area contributed by atoms with Gasteiger partial charge in [0.1, 0.15) is 0 Å². The van der Waals surface area contributed by atoms with Gasteiger partial charge in [0.15, 0.2) is 0 Å². The van der Waals surface area contributed by atoms with Crippen LogP contribution in [0.4, 0.5) is 5.69 Å². The lowest BCUT2D eigenvalue weighted by molar-refractivity contribution is -0.384. The van der Waals surface area contributed by atoms with E-state index in [1.165, 1.54) is 32.1 Å². The van der Waals surface area contributed by atoms with Crippen LogP contribution in [0.25, 0.3) is 0 Å². The first-order valence-corrected chi connectivity index (χ1v) is 7.46. The van der Waals surface area contributed by atoms with E-state index in [-0.39, 0.29) is 16.0 Å². The van der Waals surface area contributed by atoms with Crippen LogP contribution in [-0.2, 0) is 6.42 Å². The van der Waals surface area contributed by atoms with Crippen LogP contribution < -0.4 is 0 Å². The molecular formula is C15H20ClNO2. The zero-order chi connectivity index (χ0) is 13.7. The van der Waals surface area contributed by atoms with Crippen LogP contribution in [0.2, 0.25) is 0 Å². The Morgan fingerprint density at radius 2 is 1.84 bits per heavy atom. The van der Waals surface area contributed by atoms with E-state index in [1.54, 1.807) is 12.1 Å². The molecule has 1 aromatic rings. The SMILES string of the molecule is O=[N+]([O-])c1ccc(CC(Cl)CC2CCCCC2)cc1. The van der Waals surface area contributed by atoms with Crippen LogP contribution in [0.1, 0.15) is 44.1 Å². The molecule has 0 spiro atoms. The first kappa shape index (κ1) is 14.3. The van der Waals surface area contributed by atoms with Crippen molar-refractivity contribution < 1.29 is 4.92 Å². The van der Waals surface area contributed by atoms with Crippen LogP contribution >= 0.6 is 11.6 Å². The van der Waals surface area contributed by atoms with E-state index in [9.17, 15) is 10.1 Å². The molecule has 0 saturated heterocycles. The van der Waals surface area contributed by atoms with Gasteiger partial charge in [-0.15, -0.1) is 11.6 Å².